The second-order valence-electron chi connectivity index (χ2n) is 3.98. The van der Waals surface area contributed by atoms with Crippen molar-refractivity contribution in [2.75, 3.05) is 19.8 Å². The van der Waals surface area contributed by atoms with Gasteiger partial charge in [-0.15, -0.1) is 11.3 Å². The summed E-state index contributed by atoms with van der Waals surface area (Å²) in [6, 6.07) is 2.89. The molecule has 0 atom stereocenters. The Kier molecular flexibility index (Phi) is 7.26. The number of ether oxygens (including phenoxy) is 2. The summed E-state index contributed by atoms with van der Waals surface area (Å²) in [5, 5.41) is 8.68. The molecule has 0 saturated heterocycles. The molecule has 7 nitrogen and oxygen atoms in total. The Morgan fingerprint density at radius 1 is 1.33 bits per heavy atom. The van der Waals surface area contributed by atoms with Gasteiger partial charge in [0, 0.05) is 18.1 Å². The van der Waals surface area contributed by atoms with Crippen LogP contribution in [0.2, 0.25) is 0 Å². The van der Waals surface area contributed by atoms with Crippen LogP contribution in [0.3, 0.4) is 0 Å². The third-order valence-corrected chi connectivity index (χ3v) is 5.37. The van der Waals surface area contributed by atoms with Crippen molar-refractivity contribution in [3.63, 3.8) is 0 Å². The van der Waals surface area contributed by atoms with Crippen molar-refractivity contribution >= 4 is 27.3 Å². The van der Waals surface area contributed by atoms with E-state index in [1.54, 1.807) is 13.8 Å². The minimum absolute atomic E-state index is 0.00379. The van der Waals surface area contributed by atoms with Gasteiger partial charge in [-0.25, -0.2) is 13.1 Å². The third kappa shape index (κ3) is 6.10. The average Bonchev–Trinajstić information content (AvgIpc) is 2.85. The molecule has 9 heteroatoms. The highest BCUT2D eigenvalue weighted by Crippen LogP contribution is 2.21. The Bertz CT molecular complexity index is 548. The zero-order chi connectivity index (χ0) is 15.9. The van der Waals surface area contributed by atoms with Gasteiger partial charge in [0.25, 0.3) is 0 Å². The first kappa shape index (κ1) is 18.1. The van der Waals surface area contributed by atoms with Gasteiger partial charge in [-0.2, -0.15) is 0 Å². The molecule has 1 aromatic rings. The summed E-state index contributed by atoms with van der Waals surface area (Å²) in [6.45, 7) is 4.40. The van der Waals surface area contributed by atoms with Crippen LogP contribution in [0.5, 0.6) is 0 Å². The molecular formula is C12H19NO6S2. The Balaban J connectivity index is 2.67. The van der Waals surface area contributed by atoms with E-state index in [1.165, 1.54) is 12.1 Å². The lowest BCUT2D eigenvalue weighted by Crippen LogP contribution is -2.35. The molecule has 0 aliphatic rings. The Morgan fingerprint density at radius 3 is 2.48 bits per heavy atom. The van der Waals surface area contributed by atoms with Crippen LogP contribution in [0.15, 0.2) is 16.3 Å². The molecule has 1 heterocycles. The normalized spacial score (nSPS) is 12.0. The van der Waals surface area contributed by atoms with Crippen LogP contribution in [0.4, 0.5) is 0 Å². The number of hydrogen-bond donors (Lipinski definition) is 2. The maximum atomic E-state index is 12.1. The van der Waals surface area contributed by atoms with Crippen molar-refractivity contribution < 1.29 is 27.8 Å². The minimum Gasteiger partial charge on any atom is -0.481 e. The molecule has 0 saturated carbocycles. The van der Waals surface area contributed by atoms with Gasteiger partial charge in [-0.05, 0) is 26.0 Å². The molecule has 0 fully saturated rings. The van der Waals surface area contributed by atoms with E-state index < -0.39 is 22.3 Å². The molecule has 0 aromatic carbocycles. The van der Waals surface area contributed by atoms with E-state index in [4.69, 9.17) is 14.6 Å². The van der Waals surface area contributed by atoms with E-state index in [0.29, 0.717) is 18.1 Å². The minimum atomic E-state index is -3.69. The number of sulfonamides is 1. The summed E-state index contributed by atoms with van der Waals surface area (Å²) in [5.41, 5.74) is 0. The van der Waals surface area contributed by atoms with E-state index in [9.17, 15) is 13.2 Å². The van der Waals surface area contributed by atoms with Gasteiger partial charge in [-0.3, -0.25) is 4.79 Å². The number of carboxylic acid groups (broad SMARTS) is 1. The number of nitrogens with one attached hydrogen (secondary N) is 1. The lowest BCUT2D eigenvalue weighted by atomic mass is 10.3. The van der Waals surface area contributed by atoms with E-state index >= 15 is 0 Å². The molecule has 21 heavy (non-hydrogen) atoms. The highest BCUT2D eigenvalue weighted by Gasteiger charge is 2.19. The van der Waals surface area contributed by atoms with Gasteiger partial charge in [-0.1, -0.05) is 0 Å². The quantitative estimate of drug-likeness (QED) is 0.619. The first-order valence-corrected chi connectivity index (χ1v) is 8.72. The lowest BCUT2D eigenvalue weighted by molar-refractivity contribution is -0.136. The second-order valence-corrected chi connectivity index (χ2v) is 7.15. The third-order valence-electron chi connectivity index (χ3n) is 2.37. The fraction of sp³-hybridized carbons (Fsp3) is 0.583. The number of rotatable bonds is 10. The molecule has 1 aromatic heterocycles. The van der Waals surface area contributed by atoms with E-state index in [2.05, 4.69) is 4.72 Å². The van der Waals surface area contributed by atoms with Crippen molar-refractivity contribution in [2.24, 2.45) is 0 Å². The smallest absolute Gasteiger partial charge is 0.308 e. The van der Waals surface area contributed by atoms with Crippen LogP contribution >= 0.6 is 11.3 Å². The SMILES string of the molecule is CCOC(CNS(=O)(=O)c1ccc(CC(=O)O)s1)OCC. The molecule has 0 amide bonds. The highest BCUT2D eigenvalue weighted by atomic mass is 32.2. The number of carboxylic acids is 1. The molecule has 2 N–H and O–H groups in total. The summed E-state index contributed by atoms with van der Waals surface area (Å²) in [4.78, 5) is 11.1. The summed E-state index contributed by atoms with van der Waals surface area (Å²) in [6.07, 6.45) is -0.839. The molecule has 1 rings (SSSR count). The van der Waals surface area contributed by atoms with Gasteiger partial charge in [0.2, 0.25) is 10.0 Å². The van der Waals surface area contributed by atoms with E-state index in [1.807, 2.05) is 0 Å². The number of aliphatic carboxylic acids is 1. The molecule has 0 bridgehead atoms. The molecule has 0 spiro atoms. The van der Waals surface area contributed by atoms with Gasteiger partial charge in [0.05, 0.1) is 13.0 Å². The van der Waals surface area contributed by atoms with Crippen molar-refractivity contribution in [1.82, 2.24) is 4.72 Å². The van der Waals surface area contributed by atoms with Crippen molar-refractivity contribution in [2.45, 2.75) is 30.8 Å². The largest absolute Gasteiger partial charge is 0.481 e. The number of carbonyl (C=O) groups is 1. The molecule has 120 valence electrons. The van der Waals surface area contributed by atoms with Gasteiger partial charge >= 0.3 is 5.97 Å². The maximum Gasteiger partial charge on any atom is 0.308 e. The predicted octanol–water partition coefficient (Wildman–Crippen LogP) is 1.05. The number of hydrogen-bond acceptors (Lipinski definition) is 6. The van der Waals surface area contributed by atoms with Gasteiger partial charge in [0.15, 0.2) is 6.29 Å². The van der Waals surface area contributed by atoms with Gasteiger partial charge in [0.1, 0.15) is 4.21 Å². The summed E-state index contributed by atoms with van der Waals surface area (Å²) < 4.78 is 37.1. The topological polar surface area (TPSA) is 102 Å². The fourth-order valence-corrected chi connectivity index (χ4v) is 3.94. The van der Waals surface area contributed by atoms with Crippen molar-refractivity contribution in [3.8, 4) is 0 Å². The fourth-order valence-electron chi connectivity index (χ4n) is 1.53. The van der Waals surface area contributed by atoms with Crippen LogP contribution in [0, 0.1) is 0 Å². The Hall–Kier alpha value is -1.00. The lowest BCUT2D eigenvalue weighted by Gasteiger charge is -2.17. The highest BCUT2D eigenvalue weighted by molar-refractivity contribution is 7.91. The maximum absolute atomic E-state index is 12.1. The first-order valence-electron chi connectivity index (χ1n) is 6.42. The summed E-state index contributed by atoms with van der Waals surface area (Å²) >= 11 is 0.934. The molecule has 0 aliphatic heterocycles. The summed E-state index contributed by atoms with van der Waals surface area (Å²) in [7, 11) is -3.69. The van der Waals surface area contributed by atoms with Crippen LogP contribution in [-0.2, 0) is 30.7 Å². The standard InChI is InChI=1S/C12H19NO6S2/c1-3-18-11(19-4-2)8-13-21(16,17)12-6-5-9(20-12)7-10(14)15/h5-6,11,13H,3-4,7-8H2,1-2H3,(H,14,15). The van der Waals surface area contributed by atoms with E-state index in [-0.39, 0.29) is 17.2 Å². The zero-order valence-corrected chi connectivity index (χ0v) is 13.5. The first-order chi connectivity index (χ1) is 9.89. The Morgan fingerprint density at radius 2 is 1.95 bits per heavy atom. The molecular weight excluding hydrogens is 318 g/mol. The average molecular weight is 337 g/mol. The van der Waals surface area contributed by atoms with Crippen molar-refractivity contribution in [1.29, 1.82) is 0 Å². The van der Waals surface area contributed by atoms with E-state index in [0.717, 1.165) is 11.3 Å². The Labute approximate surface area is 127 Å². The zero-order valence-electron chi connectivity index (χ0n) is 11.9. The molecule has 0 aliphatic carbocycles. The number of thiophene rings is 1. The van der Waals surface area contributed by atoms with Crippen LogP contribution in [0.1, 0.15) is 18.7 Å². The van der Waals surface area contributed by atoms with Crippen LogP contribution < -0.4 is 4.72 Å². The second kappa shape index (κ2) is 8.44. The molecule has 0 radical (unpaired) electrons. The van der Waals surface area contributed by atoms with Crippen LogP contribution in [-0.4, -0.2) is 45.5 Å². The predicted molar refractivity (Wildman–Crippen MR) is 77.9 cm³/mol. The van der Waals surface area contributed by atoms with Crippen LogP contribution in [0.25, 0.3) is 0 Å². The molecule has 0 unspecified atom stereocenters. The van der Waals surface area contributed by atoms with Crippen molar-refractivity contribution in [3.05, 3.63) is 17.0 Å². The summed E-state index contributed by atoms with van der Waals surface area (Å²) in [5.74, 6) is -0.999. The van der Waals surface area contributed by atoms with Gasteiger partial charge < -0.3 is 14.6 Å². The monoisotopic (exact) mass is 337 g/mol.